The number of carbonyl (C=O) groups is 2. The lowest BCUT2D eigenvalue weighted by Gasteiger charge is -2.18. The minimum atomic E-state index is -1.05. The number of nitrogens with zero attached hydrogens (tertiary/aromatic N) is 2. The van der Waals surface area contributed by atoms with E-state index >= 15 is 0 Å². The third-order valence-corrected chi connectivity index (χ3v) is 3.23. The van der Waals surface area contributed by atoms with E-state index in [0.717, 1.165) is 0 Å². The molecule has 2 N–H and O–H groups in total. The van der Waals surface area contributed by atoms with E-state index in [2.05, 4.69) is 5.32 Å². The molecule has 0 atom stereocenters. The summed E-state index contributed by atoms with van der Waals surface area (Å²) in [7, 11) is 0. The monoisotopic (exact) mass is 339 g/mol. The Kier molecular flexibility index (Phi) is 5.53. The number of aliphatic carboxylic acids is 1. The predicted molar refractivity (Wildman–Crippen MR) is 82.2 cm³/mol. The van der Waals surface area contributed by atoms with E-state index < -0.39 is 16.8 Å². The maximum absolute atomic E-state index is 12.1. The van der Waals surface area contributed by atoms with Crippen molar-refractivity contribution in [2.45, 2.75) is 13.3 Å². The number of nitrogens with one attached hydrogen (secondary N) is 1. The van der Waals surface area contributed by atoms with Crippen molar-refractivity contribution in [3.8, 4) is 11.5 Å². The number of nitro groups is 1. The van der Waals surface area contributed by atoms with Gasteiger partial charge in [-0.2, -0.15) is 0 Å². The van der Waals surface area contributed by atoms with Crippen LogP contribution in [0.4, 0.5) is 11.4 Å². The van der Waals surface area contributed by atoms with Crippen LogP contribution in [0.3, 0.4) is 0 Å². The summed E-state index contributed by atoms with van der Waals surface area (Å²) in [5.41, 5.74) is -0.353. The standard InChI is InChI=1S/C14H17N3O7/c1-2-3-16(7-14(19)20)6-13(18)15-9-4-11-12(24-8-23-11)5-10(9)17(21)22/h4-5H,2-3,6-8H2,1H3,(H,15,18)(H,19,20). The second-order valence-corrected chi connectivity index (χ2v) is 5.13. The van der Waals surface area contributed by atoms with Gasteiger partial charge in [0.2, 0.25) is 12.7 Å². The molecule has 2 rings (SSSR count). The molecule has 1 amide bonds. The Balaban J connectivity index is 2.13. The molecule has 0 radical (unpaired) electrons. The van der Waals surface area contributed by atoms with Crippen LogP contribution >= 0.6 is 0 Å². The summed E-state index contributed by atoms with van der Waals surface area (Å²) in [5.74, 6) is -1.07. The highest BCUT2D eigenvalue weighted by molar-refractivity contribution is 5.95. The zero-order chi connectivity index (χ0) is 17.7. The lowest BCUT2D eigenvalue weighted by atomic mass is 10.2. The molecular formula is C14H17N3O7. The van der Waals surface area contributed by atoms with Crippen LogP contribution in [0.1, 0.15) is 13.3 Å². The molecule has 1 aromatic rings. The van der Waals surface area contributed by atoms with E-state index in [9.17, 15) is 19.7 Å². The van der Waals surface area contributed by atoms with Gasteiger partial charge in [-0.1, -0.05) is 6.92 Å². The van der Waals surface area contributed by atoms with Gasteiger partial charge in [0.05, 0.1) is 24.1 Å². The molecule has 0 bridgehead atoms. The number of rotatable bonds is 8. The molecule has 0 spiro atoms. The molecule has 0 aliphatic carbocycles. The van der Waals surface area contributed by atoms with Crippen LogP contribution < -0.4 is 14.8 Å². The fourth-order valence-electron chi connectivity index (χ4n) is 2.30. The summed E-state index contributed by atoms with van der Waals surface area (Å²) in [6, 6.07) is 2.50. The maximum Gasteiger partial charge on any atom is 0.317 e. The minimum absolute atomic E-state index is 0.0268. The zero-order valence-corrected chi connectivity index (χ0v) is 13.0. The highest BCUT2D eigenvalue weighted by Gasteiger charge is 2.25. The molecular weight excluding hydrogens is 322 g/mol. The van der Waals surface area contributed by atoms with Gasteiger partial charge in [0.25, 0.3) is 5.69 Å². The number of ether oxygens (including phenoxy) is 2. The van der Waals surface area contributed by atoms with Gasteiger partial charge in [-0.25, -0.2) is 0 Å². The van der Waals surface area contributed by atoms with Gasteiger partial charge >= 0.3 is 5.97 Å². The lowest BCUT2D eigenvalue weighted by molar-refractivity contribution is -0.384. The van der Waals surface area contributed by atoms with Crippen LogP contribution in [-0.2, 0) is 9.59 Å². The zero-order valence-electron chi connectivity index (χ0n) is 13.0. The van der Waals surface area contributed by atoms with Crippen LogP contribution in [0.15, 0.2) is 12.1 Å². The van der Waals surface area contributed by atoms with Crippen molar-refractivity contribution in [2.75, 3.05) is 31.7 Å². The van der Waals surface area contributed by atoms with Crippen molar-refractivity contribution in [3.63, 3.8) is 0 Å². The van der Waals surface area contributed by atoms with Gasteiger partial charge < -0.3 is 19.9 Å². The van der Waals surface area contributed by atoms with Gasteiger partial charge in [0.15, 0.2) is 11.5 Å². The first-order valence-electron chi connectivity index (χ1n) is 7.22. The number of hydrogen-bond donors (Lipinski definition) is 2. The summed E-state index contributed by atoms with van der Waals surface area (Å²) in [4.78, 5) is 34.9. The molecule has 0 fully saturated rings. The number of amides is 1. The summed E-state index contributed by atoms with van der Waals surface area (Å²) in [5, 5.41) is 22.4. The van der Waals surface area contributed by atoms with Crippen LogP contribution in [0, 0.1) is 10.1 Å². The minimum Gasteiger partial charge on any atom is -0.480 e. The molecule has 0 saturated carbocycles. The average molecular weight is 339 g/mol. The molecule has 130 valence electrons. The van der Waals surface area contributed by atoms with Gasteiger partial charge in [-0.05, 0) is 13.0 Å². The summed E-state index contributed by atoms with van der Waals surface area (Å²) in [6.45, 7) is 1.75. The fourth-order valence-corrected chi connectivity index (χ4v) is 2.30. The van der Waals surface area contributed by atoms with E-state index in [1.807, 2.05) is 6.92 Å². The number of nitro benzene ring substituents is 1. The molecule has 10 heteroatoms. The third-order valence-electron chi connectivity index (χ3n) is 3.23. The Morgan fingerprint density at radius 3 is 2.58 bits per heavy atom. The van der Waals surface area contributed by atoms with Crippen LogP contribution in [0.2, 0.25) is 0 Å². The number of hydrogen-bond acceptors (Lipinski definition) is 7. The largest absolute Gasteiger partial charge is 0.480 e. The quantitative estimate of drug-likeness (QED) is 0.531. The third kappa shape index (κ3) is 4.32. The topological polar surface area (TPSA) is 131 Å². The van der Waals surface area contributed by atoms with Crippen LogP contribution in [0.5, 0.6) is 11.5 Å². The highest BCUT2D eigenvalue weighted by Crippen LogP contribution is 2.40. The smallest absolute Gasteiger partial charge is 0.317 e. The van der Waals surface area contributed by atoms with Gasteiger partial charge in [-0.15, -0.1) is 0 Å². The number of carbonyl (C=O) groups excluding carboxylic acids is 1. The second-order valence-electron chi connectivity index (χ2n) is 5.13. The summed E-state index contributed by atoms with van der Waals surface area (Å²) in [6.07, 6.45) is 0.671. The Bertz CT molecular complexity index is 662. The van der Waals surface area contributed by atoms with E-state index in [-0.39, 0.29) is 37.0 Å². The Morgan fingerprint density at radius 1 is 1.33 bits per heavy atom. The molecule has 0 saturated heterocycles. The fraction of sp³-hybridized carbons (Fsp3) is 0.429. The van der Waals surface area contributed by atoms with Gasteiger partial charge in [0.1, 0.15) is 5.69 Å². The van der Waals surface area contributed by atoms with E-state index in [1.54, 1.807) is 0 Å². The van der Waals surface area contributed by atoms with E-state index in [0.29, 0.717) is 18.7 Å². The Hall–Kier alpha value is -2.88. The highest BCUT2D eigenvalue weighted by atomic mass is 16.7. The Labute approximate surface area is 137 Å². The number of anilines is 1. The summed E-state index contributed by atoms with van der Waals surface area (Å²) >= 11 is 0. The van der Waals surface area contributed by atoms with Crippen molar-refractivity contribution in [2.24, 2.45) is 0 Å². The SMILES string of the molecule is CCCN(CC(=O)O)CC(=O)Nc1cc2c(cc1[N+](=O)[O-])OCO2. The first kappa shape index (κ1) is 17.5. The number of benzene rings is 1. The molecule has 24 heavy (non-hydrogen) atoms. The number of fused-ring (bicyclic) bond motifs is 1. The predicted octanol–water partition coefficient (Wildman–Crippen LogP) is 1.06. The number of carboxylic acids is 1. The van der Waals surface area contributed by atoms with Gasteiger partial charge in [0, 0.05) is 6.07 Å². The molecule has 10 nitrogen and oxygen atoms in total. The van der Waals surface area contributed by atoms with Crippen molar-refractivity contribution >= 4 is 23.3 Å². The van der Waals surface area contributed by atoms with Crippen molar-refractivity contribution in [1.82, 2.24) is 4.90 Å². The van der Waals surface area contributed by atoms with Crippen LogP contribution in [0.25, 0.3) is 0 Å². The van der Waals surface area contributed by atoms with Crippen LogP contribution in [-0.4, -0.2) is 53.2 Å². The lowest BCUT2D eigenvalue weighted by Crippen LogP contribution is -2.37. The van der Waals surface area contributed by atoms with Crippen molar-refractivity contribution in [3.05, 3.63) is 22.2 Å². The molecule has 1 aliphatic rings. The second kappa shape index (κ2) is 7.59. The summed E-state index contributed by atoms with van der Waals surface area (Å²) < 4.78 is 10.2. The van der Waals surface area contributed by atoms with Crippen molar-refractivity contribution in [1.29, 1.82) is 0 Å². The molecule has 1 heterocycles. The van der Waals surface area contributed by atoms with Gasteiger partial charge in [-0.3, -0.25) is 24.6 Å². The van der Waals surface area contributed by atoms with Crippen molar-refractivity contribution < 1.29 is 29.1 Å². The first-order chi connectivity index (χ1) is 11.4. The van der Waals surface area contributed by atoms with E-state index in [1.165, 1.54) is 17.0 Å². The molecule has 0 aromatic heterocycles. The maximum atomic E-state index is 12.1. The molecule has 0 unspecified atom stereocenters. The number of carboxylic acid groups (broad SMARTS) is 1. The molecule has 1 aromatic carbocycles. The average Bonchev–Trinajstić information content (AvgIpc) is 2.92. The normalized spacial score (nSPS) is 12.2. The van der Waals surface area contributed by atoms with E-state index in [4.69, 9.17) is 14.6 Å². The first-order valence-corrected chi connectivity index (χ1v) is 7.22. The molecule has 1 aliphatic heterocycles. The Morgan fingerprint density at radius 2 is 2.00 bits per heavy atom.